The van der Waals surface area contributed by atoms with Crippen LogP contribution in [0.25, 0.3) is 0 Å². The van der Waals surface area contributed by atoms with Gasteiger partial charge >= 0.3 is 0 Å². The van der Waals surface area contributed by atoms with E-state index in [1.54, 1.807) is 60.5 Å². The molecule has 4 nitrogen and oxygen atoms in total. The van der Waals surface area contributed by atoms with Gasteiger partial charge in [-0.3, -0.25) is 4.79 Å². The fraction of sp³-hybridized carbons (Fsp3) is 0.133. The second-order valence-electron chi connectivity index (χ2n) is 4.45. The predicted molar refractivity (Wildman–Crippen MR) is 74.8 cm³/mol. The van der Waals surface area contributed by atoms with Crippen LogP contribution in [0.15, 0.2) is 48.5 Å². The van der Waals surface area contributed by atoms with Crippen molar-refractivity contribution in [1.82, 2.24) is 4.90 Å². The highest BCUT2D eigenvalue weighted by atomic mass is 16.3. The summed E-state index contributed by atoms with van der Waals surface area (Å²) < 4.78 is 0. The Morgan fingerprint density at radius 1 is 1.21 bits per heavy atom. The second-order valence-corrected chi connectivity index (χ2v) is 4.45. The molecule has 0 aliphatic rings. The highest BCUT2D eigenvalue weighted by molar-refractivity contribution is 5.94. The first-order valence-electron chi connectivity index (χ1n) is 5.95. The van der Waals surface area contributed by atoms with Crippen LogP contribution in [0, 0.1) is 0 Å². The van der Waals surface area contributed by atoms with E-state index in [1.807, 2.05) is 0 Å². The van der Waals surface area contributed by atoms with Gasteiger partial charge in [-0.2, -0.15) is 0 Å². The number of anilines is 1. The fourth-order valence-corrected chi connectivity index (χ4v) is 1.84. The van der Waals surface area contributed by atoms with Crippen molar-refractivity contribution in [3.8, 4) is 5.75 Å². The van der Waals surface area contributed by atoms with E-state index in [-0.39, 0.29) is 11.7 Å². The van der Waals surface area contributed by atoms with E-state index in [1.165, 1.54) is 0 Å². The molecule has 2 rings (SSSR count). The summed E-state index contributed by atoms with van der Waals surface area (Å²) in [6.07, 6.45) is 0. The summed E-state index contributed by atoms with van der Waals surface area (Å²) in [5, 5.41) is 9.21. The molecule has 0 unspecified atom stereocenters. The quantitative estimate of drug-likeness (QED) is 0.828. The summed E-state index contributed by atoms with van der Waals surface area (Å²) in [4.78, 5) is 13.8. The van der Waals surface area contributed by atoms with Crippen LogP contribution in [0.1, 0.15) is 15.9 Å². The van der Waals surface area contributed by atoms with Crippen LogP contribution < -0.4 is 5.73 Å². The molecular formula is C15H16N2O2. The van der Waals surface area contributed by atoms with Gasteiger partial charge < -0.3 is 15.7 Å². The van der Waals surface area contributed by atoms with Crippen molar-refractivity contribution in [2.45, 2.75) is 6.54 Å². The van der Waals surface area contributed by atoms with Crippen LogP contribution >= 0.6 is 0 Å². The average molecular weight is 256 g/mol. The lowest BCUT2D eigenvalue weighted by Crippen LogP contribution is -2.26. The standard InChI is InChI=1S/C15H16N2O2/c1-17(10-11-5-7-14(18)8-6-11)15(19)12-3-2-4-13(16)9-12/h2-9,18H,10,16H2,1H3. The van der Waals surface area contributed by atoms with Gasteiger partial charge in [-0.25, -0.2) is 0 Å². The molecule has 2 aromatic carbocycles. The maximum atomic E-state index is 12.2. The number of carbonyl (C=O) groups excluding carboxylic acids is 1. The first-order chi connectivity index (χ1) is 9.06. The maximum absolute atomic E-state index is 12.2. The molecule has 0 heterocycles. The van der Waals surface area contributed by atoms with Gasteiger partial charge in [-0.15, -0.1) is 0 Å². The molecule has 19 heavy (non-hydrogen) atoms. The fourth-order valence-electron chi connectivity index (χ4n) is 1.84. The number of rotatable bonds is 3. The number of nitrogens with zero attached hydrogens (tertiary/aromatic N) is 1. The molecular weight excluding hydrogens is 240 g/mol. The van der Waals surface area contributed by atoms with Crippen molar-refractivity contribution in [2.75, 3.05) is 12.8 Å². The van der Waals surface area contributed by atoms with Crippen LogP contribution in [-0.2, 0) is 6.54 Å². The molecule has 3 N–H and O–H groups in total. The van der Waals surface area contributed by atoms with Crippen molar-refractivity contribution in [2.24, 2.45) is 0 Å². The van der Waals surface area contributed by atoms with E-state index in [9.17, 15) is 9.90 Å². The monoisotopic (exact) mass is 256 g/mol. The smallest absolute Gasteiger partial charge is 0.253 e. The number of phenols is 1. The molecule has 1 amide bonds. The zero-order valence-corrected chi connectivity index (χ0v) is 10.7. The number of aromatic hydroxyl groups is 1. The number of amides is 1. The van der Waals surface area contributed by atoms with Crippen molar-refractivity contribution in [3.05, 3.63) is 59.7 Å². The Morgan fingerprint density at radius 3 is 2.53 bits per heavy atom. The number of benzene rings is 2. The number of hydrogen-bond acceptors (Lipinski definition) is 3. The van der Waals surface area contributed by atoms with Gasteiger partial charge in [0.1, 0.15) is 5.75 Å². The van der Waals surface area contributed by atoms with E-state index in [4.69, 9.17) is 5.73 Å². The maximum Gasteiger partial charge on any atom is 0.253 e. The molecule has 0 saturated carbocycles. The lowest BCUT2D eigenvalue weighted by molar-refractivity contribution is 0.0785. The number of hydrogen-bond donors (Lipinski definition) is 2. The van der Waals surface area contributed by atoms with Crippen molar-refractivity contribution in [3.63, 3.8) is 0 Å². The van der Waals surface area contributed by atoms with Gasteiger partial charge in [0.05, 0.1) is 0 Å². The summed E-state index contributed by atoms with van der Waals surface area (Å²) in [7, 11) is 1.73. The molecule has 0 bridgehead atoms. The Balaban J connectivity index is 2.09. The first-order valence-corrected chi connectivity index (χ1v) is 5.95. The van der Waals surface area contributed by atoms with Crippen LogP contribution in [0.5, 0.6) is 5.75 Å². The van der Waals surface area contributed by atoms with E-state index < -0.39 is 0 Å². The largest absolute Gasteiger partial charge is 0.508 e. The van der Waals surface area contributed by atoms with Crippen molar-refractivity contribution >= 4 is 11.6 Å². The molecule has 0 fully saturated rings. The lowest BCUT2D eigenvalue weighted by Gasteiger charge is -2.17. The van der Waals surface area contributed by atoms with Gasteiger partial charge in [0.15, 0.2) is 0 Å². The Morgan fingerprint density at radius 2 is 1.89 bits per heavy atom. The third-order valence-corrected chi connectivity index (χ3v) is 2.84. The molecule has 4 heteroatoms. The summed E-state index contributed by atoms with van der Waals surface area (Å²) in [6.45, 7) is 0.480. The third-order valence-electron chi connectivity index (χ3n) is 2.84. The number of phenolic OH excluding ortho intramolecular Hbond substituents is 1. The van der Waals surface area contributed by atoms with E-state index in [0.29, 0.717) is 17.8 Å². The van der Waals surface area contributed by atoms with Gasteiger partial charge in [0.25, 0.3) is 5.91 Å². The van der Waals surface area contributed by atoms with E-state index >= 15 is 0 Å². The predicted octanol–water partition coefficient (Wildman–Crippen LogP) is 2.25. The molecule has 98 valence electrons. The minimum absolute atomic E-state index is 0.0830. The zero-order chi connectivity index (χ0) is 13.8. The molecule has 0 saturated heterocycles. The average Bonchev–Trinajstić information content (AvgIpc) is 2.40. The van der Waals surface area contributed by atoms with Crippen molar-refractivity contribution in [1.29, 1.82) is 0 Å². The van der Waals surface area contributed by atoms with Crippen molar-refractivity contribution < 1.29 is 9.90 Å². The Hall–Kier alpha value is -2.49. The number of nitrogens with two attached hydrogens (primary N) is 1. The van der Waals surface area contributed by atoms with Crippen LogP contribution in [0.4, 0.5) is 5.69 Å². The van der Waals surface area contributed by atoms with Gasteiger partial charge in [-0.1, -0.05) is 18.2 Å². The minimum Gasteiger partial charge on any atom is -0.508 e. The Labute approximate surface area is 112 Å². The summed E-state index contributed by atoms with van der Waals surface area (Å²) >= 11 is 0. The summed E-state index contributed by atoms with van der Waals surface area (Å²) in [5.41, 5.74) is 7.77. The third kappa shape index (κ3) is 3.25. The van der Waals surface area contributed by atoms with Crippen LogP contribution in [0.3, 0.4) is 0 Å². The summed E-state index contributed by atoms with van der Waals surface area (Å²) in [6, 6.07) is 13.7. The molecule has 0 atom stereocenters. The van der Waals surface area contributed by atoms with E-state index in [0.717, 1.165) is 5.56 Å². The normalized spacial score (nSPS) is 10.2. The minimum atomic E-state index is -0.0830. The lowest BCUT2D eigenvalue weighted by atomic mass is 10.1. The van der Waals surface area contributed by atoms with Gasteiger partial charge in [0.2, 0.25) is 0 Å². The first kappa shape index (κ1) is 13.0. The van der Waals surface area contributed by atoms with Gasteiger partial charge in [-0.05, 0) is 35.9 Å². The topological polar surface area (TPSA) is 66.6 Å². The Bertz CT molecular complexity index is 579. The molecule has 0 spiro atoms. The van der Waals surface area contributed by atoms with Crippen LogP contribution in [-0.4, -0.2) is 23.0 Å². The SMILES string of the molecule is CN(Cc1ccc(O)cc1)C(=O)c1cccc(N)c1. The number of carbonyl (C=O) groups is 1. The molecule has 0 radical (unpaired) electrons. The summed E-state index contributed by atoms with van der Waals surface area (Å²) in [5.74, 6) is 0.133. The zero-order valence-electron chi connectivity index (χ0n) is 10.7. The molecule has 0 aliphatic heterocycles. The Kier molecular flexibility index (Phi) is 3.71. The second kappa shape index (κ2) is 5.44. The molecule has 2 aromatic rings. The highest BCUT2D eigenvalue weighted by Crippen LogP contribution is 2.14. The van der Waals surface area contributed by atoms with Gasteiger partial charge in [0, 0.05) is 24.8 Å². The molecule has 0 aromatic heterocycles. The van der Waals surface area contributed by atoms with Crippen LogP contribution in [0.2, 0.25) is 0 Å². The number of nitrogen functional groups attached to an aromatic ring is 1. The highest BCUT2D eigenvalue weighted by Gasteiger charge is 2.12. The molecule has 0 aliphatic carbocycles. The van der Waals surface area contributed by atoms with E-state index in [2.05, 4.69) is 0 Å².